The van der Waals surface area contributed by atoms with Crippen LogP contribution in [0.15, 0.2) is 4.47 Å². The van der Waals surface area contributed by atoms with Crippen molar-refractivity contribution in [2.45, 2.75) is 52.9 Å². The summed E-state index contributed by atoms with van der Waals surface area (Å²) in [5, 5.41) is 6.41. The standard InChI is InChI=1S/C15H24BrF3N4O/c1-6-22(7-2)8-9(3)20-14(24)11(5)23-10(4)12(16)13(21-23)15(17,18)19/h9,11H,6-8H2,1-5H3,(H,20,24). The third-order valence-electron chi connectivity index (χ3n) is 3.91. The molecule has 1 aromatic heterocycles. The van der Waals surface area contributed by atoms with Crippen LogP contribution in [-0.4, -0.2) is 46.3 Å². The Morgan fingerprint density at radius 1 is 1.33 bits per heavy atom. The molecule has 0 saturated heterocycles. The van der Waals surface area contributed by atoms with Crippen LogP contribution in [-0.2, 0) is 11.0 Å². The molecule has 0 bridgehead atoms. The fourth-order valence-electron chi connectivity index (χ4n) is 2.45. The van der Waals surface area contributed by atoms with E-state index < -0.39 is 17.9 Å². The van der Waals surface area contributed by atoms with Gasteiger partial charge in [0, 0.05) is 12.6 Å². The van der Waals surface area contributed by atoms with Crippen LogP contribution in [0.3, 0.4) is 0 Å². The molecule has 2 atom stereocenters. The van der Waals surface area contributed by atoms with Crippen LogP contribution in [0.2, 0.25) is 0 Å². The van der Waals surface area contributed by atoms with Gasteiger partial charge in [-0.1, -0.05) is 13.8 Å². The number of amides is 1. The molecule has 1 N–H and O–H groups in total. The summed E-state index contributed by atoms with van der Waals surface area (Å²) in [4.78, 5) is 14.5. The topological polar surface area (TPSA) is 50.2 Å². The van der Waals surface area contributed by atoms with Gasteiger partial charge in [-0.2, -0.15) is 18.3 Å². The Morgan fingerprint density at radius 3 is 2.29 bits per heavy atom. The first-order chi connectivity index (χ1) is 11.0. The van der Waals surface area contributed by atoms with E-state index in [9.17, 15) is 18.0 Å². The lowest BCUT2D eigenvalue weighted by Crippen LogP contribution is -2.44. The van der Waals surface area contributed by atoms with Crippen LogP contribution in [0.4, 0.5) is 13.2 Å². The van der Waals surface area contributed by atoms with Crippen LogP contribution in [0.1, 0.15) is 45.1 Å². The SMILES string of the molecule is CCN(CC)CC(C)NC(=O)C(C)n1nc(C(F)(F)F)c(Br)c1C. The molecule has 9 heteroatoms. The average molecular weight is 413 g/mol. The summed E-state index contributed by atoms with van der Waals surface area (Å²) >= 11 is 2.91. The number of rotatable bonds is 7. The fraction of sp³-hybridized carbons (Fsp3) is 0.733. The highest BCUT2D eigenvalue weighted by Crippen LogP contribution is 2.36. The maximum Gasteiger partial charge on any atom is 0.436 e. The Labute approximate surface area is 148 Å². The Morgan fingerprint density at radius 2 is 1.88 bits per heavy atom. The number of hydrogen-bond acceptors (Lipinski definition) is 3. The van der Waals surface area contributed by atoms with Gasteiger partial charge in [0.2, 0.25) is 5.91 Å². The first-order valence-electron chi connectivity index (χ1n) is 7.87. The summed E-state index contributed by atoms with van der Waals surface area (Å²) in [6, 6.07) is -0.946. The minimum Gasteiger partial charge on any atom is -0.351 e. The van der Waals surface area contributed by atoms with Crippen molar-refractivity contribution < 1.29 is 18.0 Å². The fourth-order valence-corrected chi connectivity index (χ4v) is 2.93. The molecule has 24 heavy (non-hydrogen) atoms. The molecule has 0 saturated carbocycles. The summed E-state index contributed by atoms with van der Waals surface area (Å²) in [6.07, 6.45) is -4.57. The molecule has 0 radical (unpaired) electrons. The lowest BCUT2D eigenvalue weighted by Gasteiger charge is -2.24. The molecule has 138 valence electrons. The van der Waals surface area contributed by atoms with E-state index in [1.54, 1.807) is 0 Å². The van der Waals surface area contributed by atoms with Gasteiger partial charge in [-0.3, -0.25) is 9.48 Å². The molecular weight excluding hydrogens is 389 g/mol. The van der Waals surface area contributed by atoms with Gasteiger partial charge in [0.05, 0.1) is 10.2 Å². The number of likely N-dealkylation sites (N-methyl/N-ethyl adjacent to an activating group) is 1. The van der Waals surface area contributed by atoms with Crippen molar-refractivity contribution in [3.05, 3.63) is 15.9 Å². The van der Waals surface area contributed by atoms with Crippen LogP contribution in [0.5, 0.6) is 0 Å². The highest BCUT2D eigenvalue weighted by Gasteiger charge is 2.39. The van der Waals surface area contributed by atoms with Crippen molar-refractivity contribution in [2.75, 3.05) is 19.6 Å². The quantitative estimate of drug-likeness (QED) is 0.746. The molecule has 5 nitrogen and oxygen atoms in total. The van der Waals surface area contributed by atoms with Gasteiger partial charge < -0.3 is 10.2 Å². The number of nitrogens with zero attached hydrogens (tertiary/aromatic N) is 3. The first kappa shape index (κ1) is 21.0. The van der Waals surface area contributed by atoms with Crippen molar-refractivity contribution >= 4 is 21.8 Å². The molecule has 0 aliphatic heterocycles. The number of aromatic nitrogens is 2. The highest BCUT2D eigenvalue weighted by molar-refractivity contribution is 9.10. The van der Waals surface area contributed by atoms with Gasteiger partial charge in [-0.15, -0.1) is 0 Å². The van der Waals surface area contributed by atoms with E-state index in [0.717, 1.165) is 17.8 Å². The van der Waals surface area contributed by atoms with E-state index in [-0.39, 0.29) is 22.1 Å². The first-order valence-corrected chi connectivity index (χ1v) is 8.66. The van der Waals surface area contributed by atoms with Crippen molar-refractivity contribution in [1.29, 1.82) is 0 Å². The van der Waals surface area contributed by atoms with Crippen molar-refractivity contribution in [3.8, 4) is 0 Å². The smallest absolute Gasteiger partial charge is 0.351 e. The van der Waals surface area contributed by atoms with E-state index in [2.05, 4.69) is 31.2 Å². The van der Waals surface area contributed by atoms with Crippen LogP contribution >= 0.6 is 15.9 Å². The van der Waals surface area contributed by atoms with Crippen LogP contribution < -0.4 is 5.32 Å². The Bertz CT molecular complexity index is 570. The summed E-state index contributed by atoms with van der Waals surface area (Å²) in [5.41, 5.74) is -0.753. The largest absolute Gasteiger partial charge is 0.436 e. The Balaban J connectivity index is 2.87. The number of carbonyl (C=O) groups is 1. The number of carbonyl (C=O) groups excluding carboxylic acids is 1. The third kappa shape index (κ3) is 4.95. The molecular formula is C15H24BrF3N4O. The average Bonchev–Trinajstić information content (AvgIpc) is 2.80. The molecule has 0 aromatic carbocycles. The zero-order valence-electron chi connectivity index (χ0n) is 14.5. The van der Waals surface area contributed by atoms with Gasteiger partial charge in [-0.05, 0) is 49.8 Å². The second-order valence-corrected chi connectivity index (χ2v) is 6.55. The van der Waals surface area contributed by atoms with Crippen LogP contribution in [0, 0.1) is 6.92 Å². The molecule has 1 amide bonds. The molecule has 2 unspecified atom stereocenters. The Hall–Kier alpha value is -1.09. The maximum atomic E-state index is 12.9. The summed E-state index contributed by atoms with van der Waals surface area (Å²) in [7, 11) is 0. The number of hydrogen-bond donors (Lipinski definition) is 1. The second kappa shape index (κ2) is 8.33. The van der Waals surface area contributed by atoms with Crippen molar-refractivity contribution in [1.82, 2.24) is 20.0 Å². The third-order valence-corrected chi connectivity index (χ3v) is 4.86. The van der Waals surface area contributed by atoms with Crippen molar-refractivity contribution in [3.63, 3.8) is 0 Å². The normalized spacial score (nSPS) is 14.8. The van der Waals surface area contributed by atoms with Gasteiger partial charge in [-0.25, -0.2) is 0 Å². The zero-order valence-corrected chi connectivity index (χ0v) is 16.1. The van der Waals surface area contributed by atoms with E-state index in [1.807, 2.05) is 20.8 Å². The summed E-state index contributed by atoms with van der Waals surface area (Å²) < 4.78 is 39.7. The monoisotopic (exact) mass is 412 g/mol. The maximum absolute atomic E-state index is 12.9. The zero-order chi connectivity index (χ0) is 18.7. The number of nitrogens with one attached hydrogen (secondary N) is 1. The molecule has 0 fully saturated rings. The molecule has 1 aromatic rings. The van der Waals surface area contributed by atoms with E-state index in [0.29, 0.717) is 6.54 Å². The van der Waals surface area contributed by atoms with E-state index in [4.69, 9.17) is 0 Å². The number of halogens is 4. The van der Waals surface area contributed by atoms with Crippen LogP contribution in [0.25, 0.3) is 0 Å². The second-order valence-electron chi connectivity index (χ2n) is 5.76. The van der Waals surface area contributed by atoms with Gasteiger partial charge in [0.15, 0.2) is 5.69 Å². The minimum atomic E-state index is -4.57. The summed E-state index contributed by atoms with van der Waals surface area (Å²) in [5.74, 6) is -0.360. The van der Waals surface area contributed by atoms with Gasteiger partial charge >= 0.3 is 6.18 Å². The van der Waals surface area contributed by atoms with Gasteiger partial charge in [0.1, 0.15) is 6.04 Å². The lowest BCUT2D eigenvalue weighted by molar-refractivity contribution is -0.142. The van der Waals surface area contributed by atoms with E-state index >= 15 is 0 Å². The molecule has 0 aliphatic carbocycles. The molecule has 0 spiro atoms. The predicted molar refractivity (Wildman–Crippen MR) is 89.8 cm³/mol. The highest BCUT2D eigenvalue weighted by atomic mass is 79.9. The van der Waals surface area contributed by atoms with Crippen molar-refractivity contribution in [2.24, 2.45) is 0 Å². The Kier molecular flexibility index (Phi) is 7.27. The summed E-state index contributed by atoms with van der Waals surface area (Å²) in [6.45, 7) is 11.4. The molecule has 1 rings (SSSR count). The number of alkyl halides is 3. The lowest BCUT2D eigenvalue weighted by atomic mass is 10.2. The van der Waals surface area contributed by atoms with Gasteiger partial charge in [0.25, 0.3) is 0 Å². The minimum absolute atomic E-state index is 0.110. The molecule has 0 aliphatic rings. The predicted octanol–water partition coefficient (Wildman–Crippen LogP) is 3.38. The molecule has 1 heterocycles. The van der Waals surface area contributed by atoms with E-state index in [1.165, 1.54) is 13.8 Å².